The van der Waals surface area contributed by atoms with Crippen molar-refractivity contribution >= 4 is 35.2 Å². The summed E-state index contributed by atoms with van der Waals surface area (Å²) in [5.41, 5.74) is 0. The maximum absolute atomic E-state index is 11.3. The van der Waals surface area contributed by atoms with Gasteiger partial charge < -0.3 is 10.0 Å². The van der Waals surface area contributed by atoms with Gasteiger partial charge in [0, 0.05) is 0 Å². The maximum Gasteiger partial charge on any atom is 0.346 e. The van der Waals surface area contributed by atoms with Gasteiger partial charge in [-0.2, -0.15) is 0 Å². The first-order valence-corrected chi connectivity index (χ1v) is 5.49. The number of thioether (sulfide) groups is 1. The third-order valence-corrected chi connectivity index (χ3v) is 5.21. The number of halogens is 1. The van der Waals surface area contributed by atoms with E-state index in [0.717, 1.165) is 0 Å². The molecule has 1 N–H and O–H groups in total. The molecule has 14 heavy (non-hydrogen) atoms. The fraction of sp³-hybridized carbons (Fsp3) is 0.750. The first-order chi connectivity index (χ1) is 6.30. The van der Waals surface area contributed by atoms with Crippen molar-refractivity contribution in [2.45, 2.75) is 35.4 Å². The fourth-order valence-corrected chi connectivity index (χ4v) is 3.95. The largest absolute Gasteiger partial charge is 0.479 e. The van der Waals surface area contributed by atoms with Crippen LogP contribution in [0.5, 0.6) is 0 Å². The second-order valence-corrected chi connectivity index (χ2v) is 6.33. The van der Waals surface area contributed by atoms with Gasteiger partial charge in [0.25, 0.3) is 0 Å². The highest BCUT2D eigenvalue weighted by Gasteiger charge is 2.68. The first-order valence-electron chi connectivity index (χ1n) is 4.23. The fourth-order valence-electron chi connectivity index (χ4n) is 1.92. The normalized spacial score (nSPS) is 39.2. The van der Waals surface area contributed by atoms with Crippen molar-refractivity contribution in [2.75, 3.05) is 0 Å². The molecule has 2 heterocycles. The van der Waals surface area contributed by atoms with Gasteiger partial charge in [0.05, 0.1) is 16.5 Å². The predicted octanol–water partition coefficient (Wildman–Crippen LogP) is 1.09. The molecular formula is C8H10ClNO3S. The van der Waals surface area contributed by atoms with E-state index >= 15 is 0 Å². The number of hydrogen-bond acceptors (Lipinski definition) is 3. The zero-order valence-electron chi connectivity index (χ0n) is 7.78. The molecule has 0 aromatic heterocycles. The van der Waals surface area contributed by atoms with Crippen LogP contribution >= 0.6 is 23.4 Å². The highest BCUT2D eigenvalue weighted by molar-refractivity contribution is 8.01. The van der Waals surface area contributed by atoms with Crippen LogP contribution in [0.15, 0.2) is 0 Å². The van der Waals surface area contributed by atoms with Gasteiger partial charge in [-0.1, -0.05) is 11.6 Å². The molecule has 0 radical (unpaired) electrons. The zero-order valence-corrected chi connectivity index (χ0v) is 9.35. The summed E-state index contributed by atoms with van der Waals surface area (Å²) in [7, 11) is 0. The Balaban J connectivity index is 2.45. The van der Waals surface area contributed by atoms with Crippen molar-refractivity contribution in [1.82, 2.24) is 4.90 Å². The van der Waals surface area contributed by atoms with Crippen molar-refractivity contribution in [1.29, 1.82) is 0 Å². The van der Waals surface area contributed by atoms with Crippen molar-refractivity contribution in [3.8, 4) is 0 Å². The number of nitrogens with zero attached hydrogens (tertiary/aromatic N) is 1. The molecule has 0 saturated carbocycles. The van der Waals surface area contributed by atoms with E-state index in [0.29, 0.717) is 6.42 Å². The summed E-state index contributed by atoms with van der Waals surface area (Å²) in [4.78, 5) is 22.1. The van der Waals surface area contributed by atoms with E-state index < -0.39 is 15.7 Å². The molecule has 2 fully saturated rings. The van der Waals surface area contributed by atoms with E-state index in [-0.39, 0.29) is 11.3 Å². The molecule has 4 nitrogen and oxygen atoms in total. The van der Waals surface area contributed by atoms with E-state index in [4.69, 9.17) is 16.7 Å². The van der Waals surface area contributed by atoms with Crippen LogP contribution in [0.3, 0.4) is 0 Å². The quantitative estimate of drug-likeness (QED) is 0.420. The number of carbonyl (C=O) groups excluding carboxylic acids is 1. The van der Waals surface area contributed by atoms with E-state index in [2.05, 4.69) is 0 Å². The monoisotopic (exact) mass is 235 g/mol. The number of β-lactam (4-membered cyclic amide) rings is 1. The van der Waals surface area contributed by atoms with Gasteiger partial charge in [-0.3, -0.25) is 4.79 Å². The van der Waals surface area contributed by atoms with Gasteiger partial charge in [0.15, 0.2) is 0 Å². The molecular weight excluding hydrogens is 226 g/mol. The Bertz CT molecular complexity index is 333. The molecule has 6 heteroatoms. The average molecular weight is 236 g/mol. The number of aliphatic carboxylic acids is 1. The molecule has 2 atom stereocenters. The van der Waals surface area contributed by atoms with Crippen LogP contribution in [0, 0.1) is 0 Å². The summed E-state index contributed by atoms with van der Waals surface area (Å²) < 4.78 is -0.656. The minimum Gasteiger partial charge on any atom is -0.479 e. The molecule has 2 aliphatic rings. The number of carboxylic acid groups (broad SMARTS) is 1. The number of carbonyl (C=O) groups is 2. The van der Waals surface area contributed by atoms with Crippen LogP contribution in [-0.4, -0.2) is 37.0 Å². The topological polar surface area (TPSA) is 57.6 Å². The van der Waals surface area contributed by atoms with Gasteiger partial charge in [-0.15, -0.1) is 11.8 Å². The molecule has 2 rings (SSSR count). The summed E-state index contributed by atoms with van der Waals surface area (Å²) >= 11 is 7.52. The lowest BCUT2D eigenvalue weighted by atomic mass is 9.97. The lowest BCUT2D eigenvalue weighted by Crippen LogP contribution is -2.63. The Morgan fingerprint density at radius 1 is 1.71 bits per heavy atom. The summed E-state index contributed by atoms with van der Waals surface area (Å²) in [5, 5.41) is 9.05. The molecule has 0 aromatic carbocycles. The van der Waals surface area contributed by atoms with Crippen LogP contribution in [0.1, 0.15) is 20.3 Å². The predicted molar refractivity (Wildman–Crippen MR) is 53.1 cm³/mol. The molecule has 2 aliphatic heterocycles. The van der Waals surface area contributed by atoms with E-state index in [9.17, 15) is 9.59 Å². The Morgan fingerprint density at radius 3 is 2.64 bits per heavy atom. The Hall–Kier alpha value is -0.420. The molecule has 0 unspecified atom stereocenters. The summed E-state index contributed by atoms with van der Waals surface area (Å²) in [6.45, 7) is 3.51. The third kappa shape index (κ3) is 0.918. The van der Waals surface area contributed by atoms with Crippen LogP contribution in [-0.2, 0) is 9.59 Å². The van der Waals surface area contributed by atoms with Crippen LogP contribution in [0.25, 0.3) is 0 Å². The van der Waals surface area contributed by atoms with Gasteiger partial charge in [0.2, 0.25) is 10.9 Å². The smallest absolute Gasteiger partial charge is 0.346 e. The highest BCUT2D eigenvalue weighted by Crippen LogP contribution is 2.58. The van der Waals surface area contributed by atoms with Crippen molar-refractivity contribution in [3.63, 3.8) is 0 Å². The lowest BCUT2D eigenvalue weighted by Gasteiger charge is -2.41. The summed E-state index contributed by atoms with van der Waals surface area (Å²) in [5.74, 6) is -1.32. The average Bonchev–Trinajstić information content (AvgIpc) is 2.16. The van der Waals surface area contributed by atoms with Gasteiger partial charge in [-0.05, 0) is 13.8 Å². The Kier molecular flexibility index (Phi) is 1.86. The van der Waals surface area contributed by atoms with Crippen molar-refractivity contribution in [3.05, 3.63) is 0 Å². The van der Waals surface area contributed by atoms with Gasteiger partial charge in [-0.25, -0.2) is 4.79 Å². The SMILES string of the molecule is CC1(C)S[C@@H]2CC(=O)N2[C@@]1(Cl)C(=O)O. The molecule has 0 aromatic rings. The number of rotatable bonds is 1. The first kappa shape index (κ1) is 10.1. The lowest BCUT2D eigenvalue weighted by molar-refractivity contribution is -0.160. The second-order valence-electron chi connectivity index (χ2n) is 3.98. The zero-order chi connectivity index (χ0) is 10.7. The van der Waals surface area contributed by atoms with Crippen molar-refractivity contribution in [2.24, 2.45) is 0 Å². The maximum atomic E-state index is 11.3. The summed E-state index contributed by atoms with van der Waals surface area (Å²) in [6.07, 6.45) is 0.399. The van der Waals surface area contributed by atoms with Crippen LogP contribution in [0.2, 0.25) is 0 Å². The standard InChI is InChI=1S/C8H10ClNO3S/c1-7(2)8(9,6(12)13)10-4(11)3-5(10)14-7/h5H,3H2,1-2H3,(H,12,13)/t5-,8+/m1/s1. The summed E-state index contributed by atoms with van der Waals surface area (Å²) in [6, 6.07) is 0. The Morgan fingerprint density at radius 2 is 2.29 bits per heavy atom. The molecule has 78 valence electrons. The van der Waals surface area contributed by atoms with Crippen LogP contribution < -0.4 is 0 Å². The molecule has 0 aliphatic carbocycles. The van der Waals surface area contributed by atoms with E-state index in [1.807, 2.05) is 0 Å². The van der Waals surface area contributed by atoms with Gasteiger partial charge in [0.1, 0.15) is 0 Å². The number of amides is 1. The molecule has 1 amide bonds. The number of hydrogen-bond donors (Lipinski definition) is 1. The third-order valence-electron chi connectivity index (χ3n) is 2.75. The number of fused-ring (bicyclic) bond motifs is 1. The van der Waals surface area contributed by atoms with E-state index in [1.54, 1.807) is 13.8 Å². The number of carboxylic acids is 1. The van der Waals surface area contributed by atoms with Gasteiger partial charge >= 0.3 is 5.97 Å². The minimum absolute atomic E-state index is 0.0638. The van der Waals surface area contributed by atoms with Crippen LogP contribution in [0.4, 0.5) is 0 Å². The molecule has 0 bridgehead atoms. The van der Waals surface area contributed by atoms with Crippen molar-refractivity contribution < 1.29 is 14.7 Å². The molecule has 2 saturated heterocycles. The highest BCUT2D eigenvalue weighted by atomic mass is 35.5. The minimum atomic E-state index is -1.59. The molecule has 0 spiro atoms. The number of alkyl halides is 1. The van der Waals surface area contributed by atoms with E-state index in [1.165, 1.54) is 16.7 Å². The second kappa shape index (κ2) is 2.58. The Labute approximate surface area is 90.6 Å².